The average molecular weight is 361 g/mol. The Morgan fingerprint density at radius 2 is 1.84 bits per heavy atom. The molecule has 19 heavy (non-hydrogen) atoms. The van der Waals surface area contributed by atoms with E-state index in [0.717, 1.165) is 16.5 Å². The maximum absolute atomic E-state index is 6.17. The van der Waals surface area contributed by atoms with E-state index >= 15 is 0 Å². The van der Waals surface area contributed by atoms with Crippen molar-refractivity contribution < 1.29 is 4.74 Å². The molecule has 0 aliphatic rings. The second kappa shape index (κ2) is 6.62. The topological polar surface area (TPSA) is 35.2 Å². The molecule has 0 saturated carbocycles. The summed E-state index contributed by atoms with van der Waals surface area (Å²) in [5.74, 6) is 1.23. The lowest BCUT2D eigenvalue weighted by Crippen LogP contribution is -2.03. The van der Waals surface area contributed by atoms with Crippen LogP contribution in [-0.2, 0) is 6.42 Å². The predicted molar refractivity (Wildman–Crippen MR) is 83.4 cm³/mol. The lowest BCUT2D eigenvalue weighted by Gasteiger charge is -2.10. The van der Waals surface area contributed by atoms with Crippen LogP contribution >= 0.6 is 39.1 Å². The van der Waals surface area contributed by atoms with Crippen LogP contribution < -0.4 is 10.5 Å². The first-order chi connectivity index (χ1) is 9.10. The van der Waals surface area contributed by atoms with Crippen molar-refractivity contribution in [2.24, 2.45) is 5.73 Å². The minimum Gasteiger partial charge on any atom is -0.456 e. The number of nitrogens with two attached hydrogens (primary N) is 1. The van der Waals surface area contributed by atoms with E-state index in [4.69, 9.17) is 33.7 Å². The van der Waals surface area contributed by atoms with E-state index in [1.807, 2.05) is 24.3 Å². The Bertz CT molecular complexity index is 590. The largest absolute Gasteiger partial charge is 0.456 e. The molecule has 100 valence electrons. The van der Waals surface area contributed by atoms with E-state index in [1.54, 1.807) is 12.1 Å². The Kier molecular flexibility index (Phi) is 5.11. The van der Waals surface area contributed by atoms with Gasteiger partial charge in [0.15, 0.2) is 0 Å². The van der Waals surface area contributed by atoms with E-state index in [9.17, 15) is 0 Å². The second-order valence-corrected chi connectivity index (χ2v) is 5.70. The maximum Gasteiger partial charge on any atom is 0.147 e. The van der Waals surface area contributed by atoms with Crippen molar-refractivity contribution in [2.45, 2.75) is 6.42 Å². The van der Waals surface area contributed by atoms with Gasteiger partial charge < -0.3 is 10.5 Å². The van der Waals surface area contributed by atoms with Gasteiger partial charge in [-0.3, -0.25) is 0 Å². The van der Waals surface area contributed by atoms with Gasteiger partial charge in [0.25, 0.3) is 0 Å². The Morgan fingerprint density at radius 1 is 1.05 bits per heavy atom. The van der Waals surface area contributed by atoms with Crippen LogP contribution in [0.3, 0.4) is 0 Å². The SMILES string of the molecule is NCCc1ccc(Oc2cc(Br)ccc2Cl)cc1Cl. The van der Waals surface area contributed by atoms with Crippen LogP contribution in [0, 0.1) is 0 Å². The fourth-order valence-corrected chi connectivity index (χ4v) is 2.39. The normalized spacial score (nSPS) is 10.5. The zero-order chi connectivity index (χ0) is 13.8. The third-order valence-corrected chi connectivity index (χ3v) is 3.72. The first-order valence-corrected chi connectivity index (χ1v) is 7.26. The summed E-state index contributed by atoms with van der Waals surface area (Å²) in [4.78, 5) is 0. The number of ether oxygens (including phenoxy) is 1. The summed E-state index contributed by atoms with van der Waals surface area (Å²) < 4.78 is 6.63. The Balaban J connectivity index is 2.24. The van der Waals surface area contributed by atoms with Crippen LogP contribution in [0.4, 0.5) is 0 Å². The summed E-state index contributed by atoms with van der Waals surface area (Å²) in [6.07, 6.45) is 0.747. The molecule has 2 aromatic carbocycles. The Morgan fingerprint density at radius 3 is 2.53 bits per heavy atom. The molecule has 0 spiro atoms. The molecule has 0 aliphatic carbocycles. The fraction of sp³-hybridized carbons (Fsp3) is 0.143. The molecule has 2 nitrogen and oxygen atoms in total. The molecule has 2 aromatic rings. The zero-order valence-corrected chi connectivity index (χ0v) is 13.1. The van der Waals surface area contributed by atoms with E-state index in [-0.39, 0.29) is 0 Å². The van der Waals surface area contributed by atoms with Crippen molar-refractivity contribution in [1.29, 1.82) is 0 Å². The highest BCUT2D eigenvalue weighted by Gasteiger charge is 2.06. The van der Waals surface area contributed by atoms with Crippen LogP contribution in [-0.4, -0.2) is 6.54 Å². The van der Waals surface area contributed by atoms with Crippen molar-refractivity contribution >= 4 is 39.1 Å². The molecule has 0 saturated heterocycles. The third kappa shape index (κ3) is 3.86. The molecule has 0 amide bonds. The van der Waals surface area contributed by atoms with Gasteiger partial charge in [-0.2, -0.15) is 0 Å². The highest BCUT2D eigenvalue weighted by Crippen LogP contribution is 2.33. The number of halogens is 3. The lowest BCUT2D eigenvalue weighted by atomic mass is 10.1. The molecule has 2 N–H and O–H groups in total. The predicted octanol–water partition coefficient (Wildman–Crippen LogP) is 5.05. The molecular weight excluding hydrogens is 349 g/mol. The number of rotatable bonds is 4. The smallest absolute Gasteiger partial charge is 0.147 e. The summed E-state index contributed by atoms with van der Waals surface area (Å²) in [6, 6.07) is 11.0. The summed E-state index contributed by atoms with van der Waals surface area (Å²) in [7, 11) is 0. The van der Waals surface area contributed by atoms with Crippen molar-refractivity contribution in [1.82, 2.24) is 0 Å². The maximum atomic E-state index is 6.17. The van der Waals surface area contributed by atoms with Crippen LogP contribution in [0.1, 0.15) is 5.56 Å². The highest BCUT2D eigenvalue weighted by molar-refractivity contribution is 9.10. The highest BCUT2D eigenvalue weighted by atomic mass is 79.9. The molecule has 0 aromatic heterocycles. The summed E-state index contributed by atoms with van der Waals surface area (Å²) in [6.45, 7) is 0.567. The lowest BCUT2D eigenvalue weighted by molar-refractivity contribution is 0.482. The zero-order valence-electron chi connectivity index (χ0n) is 10.00. The number of hydrogen-bond acceptors (Lipinski definition) is 2. The number of hydrogen-bond donors (Lipinski definition) is 1. The van der Waals surface area contributed by atoms with Crippen LogP contribution in [0.25, 0.3) is 0 Å². The molecule has 2 rings (SSSR count). The molecular formula is C14H12BrCl2NO. The van der Waals surface area contributed by atoms with E-state index in [2.05, 4.69) is 15.9 Å². The van der Waals surface area contributed by atoms with Gasteiger partial charge in [0.05, 0.1) is 5.02 Å². The quantitative estimate of drug-likeness (QED) is 0.827. The average Bonchev–Trinajstić information content (AvgIpc) is 2.37. The summed E-state index contributed by atoms with van der Waals surface area (Å²) >= 11 is 15.6. The monoisotopic (exact) mass is 359 g/mol. The van der Waals surface area contributed by atoms with Gasteiger partial charge in [-0.1, -0.05) is 45.2 Å². The van der Waals surface area contributed by atoms with Gasteiger partial charge >= 0.3 is 0 Å². The Labute approximate surface area is 130 Å². The standard InChI is InChI=1S/C14H12BrCl2NO/c15-10-2-4-12(16)14(7-10)19-11-3-1-9(5-6-18)13(17)8-11/h1-4,7-8H,5-6,18H2. The molecule has 0 heterocycles. The van der Waals surface area contributed by atoms with E-state index < -0.39 is 0 Å². The van der Waals surface area contributed by atoms with Crippen LogP contribution in [0.15, 0.2) is 40.9 Å². The van der Waals surface area contributed by atoms with Crippen LogP contribution in [0.5, 0.6) is 11.5 Å². The van der Waals surface area contributed by atoms with Gasteiger partial charge in [-0.05, 0) is 48.9 Å². The third-order valence-electron chi connectivity index (χ3n) is 2.56. The van der Waals surface area contributed by atoms with Crippen molar-refractivity contribution in [3.8, 4) is 11.5 Å². The number of benzene rings is 2. The molecule has 0 unspecified atom stereocenters. The van der Waals surface area contributed by atoms with Gasteiger partial charge in [-0.15, -0.1) is 0 Å². The second-order valence-electron chi connectivity index (χ2n) is 3.97. The van der Waals surface area contributed by atoms with Crippen molar-refractivity contribution in [3.05, 3.63) is 56.5 Å². The van der Waals surface area contributed by atoms with Gasteiger partial charge in [0, 0.05) is 9.50 Å². The van der Waals surface area contributed by atoms with E-state index in [1.165, 1.54) is 0 Å². The first kappa shape index (κ1) is 14.7. The summed E-state index contributed by atoms with van der Waals surface area (Å²) in [5, 5.41) is 1.19. The van der Waals surface area contributed by atoms with E-state index in [0.29, 0.717) is 28.1 Å². The molecule has 0 bridgehead atoms. The van der Waals surface area contributed by atoms with Crippen molar-refractivity contribution in [3.63, 3.8) is 0 Å². The van der Waals surface area contributed by atoms with Gasteiger partial charge in [-0.25, -0.2) is 0 Å². The summed E-state index contributed by atoms with van der Waals surface area (Å²) in [5.41, 5.74) is 6.53. The van der Waals surface area contributed by atoms with Gasteiger partial charge in [0.2, 0.25) is 0 Å². The Hall–Kier alpha value is -0.740. The fourth-order valence-electron chi connectivity index (χ4n) is 1.63. The minimum absolute atomic E-state index is 0.547. The van der Waals surface area contributed by atoms with Gasteiger partial charge in [0.1, 0.15) is 11.5 Å². The molecule has 5 heteroatoms. The van der Waals surface area contributed by atoms with Crippen molar-refractivity contribution in [2.75, 3.05) is 6.54 Å². The molecule has 0 fully saturated rings. The minimum atomic E-state index is 0.547. The van der Waals surface area contributed by atoms with Crippen LogP contribution in [0.2, 0.25) is 10.0 Å². The first-order valence-electron chi connectivity index (χ1n) is 5.71. The molecule has 0 atom stereocenters. The molecule has 0 aliphatic heterocycles. The molecule has 0 radical (unpaired) electrons.